The fourth-order valence-corrected chi connectivity index (χ4v) is 2.42. The Morgan fingerprint density at radius 3 is 2.60 bits per heavy atom. The molecule has 0 saturated carbocycles. The van der Waals surface area contributed by atoms with Gasteiger partial charge in [0, 0.05) is 32.3 Å². The molecule has 0 aromatic heterocycles. The molecule has 0 bridgehead atoms. The van der Waals surface area contributed by atoms with Gasteiger partial charge in [-0.3, -0.25) is 4.99 Å². The number of aliphatic imine (C=N–C) groups is 1. The average molecular weight is 362 g/mol. The van der Waals surface area contributed by atoms with Crippen LogP contribution in [0.15, 0.2) is 53.5 Å². The Balaban J connectivity index is 1.84. The summed E-state index contributed by atoms with van der Waals surface area (Å²) in [5, 5.41) is 7.29. The van der Waals surface area contributed by atoms with Crippen molar-refractivity contribution in [1.82, 2.24) is 10.6 Å². The van der Waals surface area contributed by atoms with E-state index in [1.807, 2.05) is 48.5 Å². The largest absolute Gasteiger partial charge is 0.491 e. The van der Waals surface area contributed by atoms with Gasteiger partial charge in [-0.05, 0) is 29.3 Å². The zero-order valence-electron chi connectivity index (χ0n) is 14.6. The maximum Gasteiger partial charge on any atom is 0.191 e. The number of hydrogen-bond acceptors (Lipinski definition) is 3. The molecule has 0 aliphatic heterocycles. The van der Waals surface area contributed by atoms with E-state index in [0.29, 0.717) is 32.3 Å². The van der Waals surface area contributed by atoms with Crippen LogP contribution in [0.1, 0.15) is 11.1 Å². The van der Waals surface area contributed by atoms with Gasteiger partial charge in [0.05, 0.1) is 6.61 Å². The molecule has 2 aromatic carbocycles. The van der Waals surface area contributed by atoms with Gasteiger partial charge in [-0.25, -0.2) is 0 Å². The second kappa shape index (κ2) is 10.6. The first kappa shape index (κ1) is 19.1. The highest BCUT2D eigenvalue weighted by Crippen LogP contribution is 2.14. The molecule has 2 aromatic rings. The number of ether oxygens (including phenoxy) is 2. The van der Waals surface area contributed by atoms with E-state index in [1.54, 1.807) is 14.2 Å². The maximum absolute atomic E-state index is 6.17. The van der Waals surface area contributed by atoms with Crippen molar-refractivity contribution in [3.05, 3.63) is 64.7 Å². The van der Waals surface area contributed by atoms with Crippen molar-refractivity contribution < 1.29 is 9.47 Å². The number of rotatable bonds is 8. The van der Waals surface area contributed by atoms with E-state index in [2.05, 4.69) is 15.6 Å². The van der Waals surface area contributed by atoms with Crippen molar-refractivity contribution in [1.29, 1.82) is 0 Å². The highest BCUT2D eigenvalue weighted by atomic mass is 35.5. The SMILES string of the molecule is CN=C(NCc1cccc(OCCOC)c1)NCc1ccccc1Cl. The normalized spacial score (nSPS) is 11.2. The van der Waals surface area contributed by atoms with Crippen molar-refractivity contribution in [3.8, 4) is 5.75 Å². The molecule has 0 unspecified atom stereocenters. The lowest BCUT2D eigenvalue weighted by atomic mass is 10.2. The summed E-state index contributed by atoms with van der Waals surface area (Å²) >= 11 is 6.17. The molecule has 0 fully saturated rings. The van der Waals surface area contributed by atoms with Crippen LogP contribution in [0.2, 0.25) is 5.02 Å². The van der Waals surface area contributed by atoms with Crippen LogP contribution in [0, 0.1) is 0 Å². The molecule has 0 aliphatic rings. The lowest BCUT2D eigenvalue weighted by Crippen LogP contribution is -2.36. The van der Waals surface area contributed by atoms with Crippen LogP contribution in [0.25, 0.3) is 0 Å². The smallest absolute Gasteiger partial charge is 0.191 e. The fraction of sp³-hybridized carbons (Fsp3) is 0.316. The van der Waals surface area contributed by atoms with Crippen LogP contribution in [0.4, 0.5) is 0 Å². The molecule has 0 heterocycles. The van der Waals surface area contributed by atoms with Crippen molar-refractivity contribution in [2.24, 2.45) is 4.99 Å². The van der Waals surface area contributed by atoms with Crippen LogP contribution in [0.3, 0.4) is 0 Å². The Morgan fingerprint density at radius 1 is 1.04 bits per heavy atom. The molecular weight excluding hydrogens is 338 g/mol. The van der Waals surface area contributed by atoms with Gasteiger partial charge in [0.25, 0.3) is 0 Å². The van der Waals surface area contributed by atoms with Gasteiger partial charge in [0.1, 0.15) is 12.4 Å². The molecule has 0 amide bonds. The molecule has 0 radical (unpaired) electrons. The lowest BCUT2D eigenvalue weighted by molar-refractivity contribution is 0.146. The second-order valence-corrected chi connectivity index (χ2v) is 5.77. The third kappa shape index (κ3) is 6.64. The van der Waals surface area contributed by atoms with E-state index in [0.717, 1.165) is 21.9 Å². The maximum atomic E-state index is 6.17. The molecule has 0 aliphatic carbocycles. The topological polar surface area (TPSA) is 54.9 Å². The van der Waals surface area contributed by atoms with Gasteiger partial charge >= 0.3 is 0 Å². The summed E-state index contributed by atoms with van der Waals surface area (Å²) in [4.78, 5) is 4.23. The van der Waals surface area contributed by atoms with E-state index in [-0.39, 0.29) is 0 Å². The Kier molecular flexibility index (Phi) is 8.09. The van der Waals surface area contributed by atoms with E-state index in [9.17, 15) is 0 Å². The minimum Gasteiger partial charge on any atom is -0.491 e. The molecule has 2 rings (SSSR count). The number of methoxy groups -OCH3 is 1. The molecule has 0 atom stereocenters. The summed E-state index contributed by atoms with van der Waals surface area (Å²) < 4.78 is 10.6. The van der Waals surface area contributed by atoms with Gasteiger partial charge < -0.3 is 20.1 Å². The Hall–Kier alpha value is -2.24. The molecule has 25 heavy (non-hydrogen) atoms. The molecule has 0 spiro atoms. The zero-order chi connectivity index (χ0) is 17.9. The second-order valence-electron chi connectivity index (χ2n) is 5.36. The van der Waals surface area contributed by atoms with Crippen LogP contribution < -0.4 is 15.4 Å². The van der Waals surface area contributed by atoms with E-state index in [1.165, 1.54) is 0 Å². The number of guanidine groups is 1. The molecule has 2 N–H and O–H groups in total. The number of hydrogen-bond donors (Lipinski definition) is 2. The minimum absolute atomic E-state index is 0.536. The molecule has 134 valence electrons. The predicted molar refractivity (Wildman–Crippen MR) is 102 cm³/mol. The fourth-order valence-electron chi connectivity index (χ4n) is 2.22. The number of benzene rings is 2. The van der Waals surface area contributed by atoms with Gasteiger partial charge in [0.2, 0.25) is 0 Å². The van der Waals surface area contributed by atoms with Crippen molar-refractivity contribution >= 4 is 17.6 Å². The lowest BCUT2D eigenvalue weighted by Gasteiger charge is -2.13. The summed E-state index contributed by atoms with van der Waals surface area (Å²) in [6.07, 6.45) is 0. The number of halogens is 1. The Morgan fingerprint density at radius 2 is 1.84 bits per heavy atom. The average Bonchev–Trinajstić information content (AvgIpc) is 2.64. The first-order valence-corrected chi connectivity index (χ1v) is 8.49. The summed E-state index contributed by atoms with van der Waals surface area (Å²) in [6.45, 7) is 2.36. The van der Waals surface area contributed by atoms with Crippen LogP contribution >= 0.6 is 11.6 Å². The third-order valence-electron chi connectivity index (χ3n) is 3.54. The summed E-state index contributed by atoms with van der Waals surface area (Å²) in [7, 11) is 3.40. The van der Waals surface area contributed by atoms with E-state index >= 15 is 0 Å². The molecule has 6 heteroatoms. The predicted octanol–water partition coefficient (Wildman–Crippen LogP) is 3.23. The van der Waals surface area contributed by atoms with E-state index < -0.39 is 0 Å². The highest BCUT2D eigenvalue weighted by molar-refractivity contribution is 6.31. The zero-order valence-corrected chi connectivity index (χ0v) is 15.3. The van der Waals surface area contributed by atoms with Gasteiger partial charge in [0.15, 0.2) is 5.96 Å². The summed E-state index contributed by atoms with van der Waals surface area (Å²) in [5.74, 6) is 1.54. The monoisotopic (exact) mass is 361 g/mol. The van der Waals surface area contributed by atoms with Crippen LogP contribution in [0.5, 0.6) is 5.75 Å². The molecule has 0 saturated heterocycles. The van der Waals surface area contributed by atoms with Crippen LogP contribution in [-0.4, -0.2) is 33.3 Å². The number of nitrogens with one attached hydrogen (secondary N) is 2. The van der Waals surface area contributed by atoms with E-state index in [4.69, 9.17) is 21.1 Å². The van der Waals surface area contributed by atoms with Crippen molar-refractivity contribution in [3.63, 3.8) is 0 Å². The van der Waals surface area contributed by atoms with Crippen LogP contribution in [-0.2, 0) is 17.8 Å². The van der Waals surface area contributed by atoms with Gasteiger partial charge in [-0.2, -0.15) is 0 Å². The Labute approximate surface area is 154 Å². The van der Waals surface area contributed by atoms with Gasteiger partial charge in [-0.15, -0.1) is 0 Å². The molecular formula is C19H24ClN3O2. The third-order valence-corrected chi connectivity index (χ3v) is 3.91. The Bertz CT molecular complexity index is 692. The van der Waals surface area contributed by atoms with Crippen molar-refractivity contribution in [2.75, 3.05) is 27.4 Å². The first-order chi connectivity index (χ1) is 12.2. The standard InChI is InChI=1S/C19H24ClN3O2/c1-21-19(23-14-16-7-3-4-9-18(16)20)22-13-15-6-5-8-17(12-15)25-11-10-24-2/h3-9,12H,10-11,13-14H2,1-2H3,(H2,21,22,23). The van der Waals surface area contributed by atoms with Crippen molar-refractivity contribution in [2.45, 2.75) is 13.1 Å². The first-order valence-electron chi connectivity index (χ1n) is 8.11. The minimum atomic E-state index is 0.536. The quantitative estimate of drug-likeness (QED) is 0.430. The summed E-state index contributed by atoms with van der Waals surface area (Å²) in [6, 6.07) is 15.7. The summed E-state index contributed by atoms with van der Waals surface area (Å²) in [5.41, 5.74) is 2.14. The van der Waals surface area contributed by atoms with Gasteiger partial charge in [-0.1, -0.05) is 41.9 Å². The number of nitrogens with zero attached hydrogens (tertiary/aromatic N) is 1. The highest BCUT2D eigenvalue weighted by Gasteiger charge is 2.03. The molecule has 5 nitrogen and oxygen atoms in total.